The number of nitrogens with one attached hydrogen (secondary N) is 1. The van der Waals surface area contributed by atoms with Crippen molar-refractivity contribution in [1.82, 2.24) is 0 Å². The van der Waals surface area contributed by atoms with Crippen molar-refractivity contribution >= 4 is 27.3 Å². The molecule has 1 N–H and O–H groups in total. The minimum atomic E-state index is -3.90. The first kappa shape index (κ1) is 23.8. The molecule has 1 amide bonds. The molecule has 0 saturated heterocycles. The second-order valence-corrected chi connectivity index (χ2v) is 8.61. The summed E-state index contributed by atoms with van der Waals surface area (Å²) in [4.78, 5) is 14.5. The third-order valence-electron chi connectivity index (χ3n) is 4.66. The van der Waals surface area contributed by atoms with Crippen molar-refractivity contribution in [2.75, 3.05) is 22.8 Å². The third kappa shape index (κ3) is 6.08. The number of ether oxygens (including phenoxy) is 1. The van der Waals surface area contributed by atoms with Gasteiger partial charge in [0.05, 0.1) is 24.0 Å². The summed E-state index contributed by atoms with van der Waals surface area (Å²) in [6.07, 6.45) is 0.147. The van der Waals surface area contributed by atoms with Gasteiger partial charge in [-0.3, -0.25) is 9.52 Å². The van der Waals surface area contributed by atoms with Crippen LogP contribution in [0.1, 0.15) is 23.7 Å². The summed E-state index contributed by atoms with van der Waals surface area (Å²) in [5, 5.41) is 8.99. The lowest BCUT2D eigenvalue weighted by Gasteiger charge is -2.22. The van der Waals surface area contributed by atoms with Crippen molar-refractivity contribution in [2.24, 2.45) is 0 Å². The van der Waals surface area contributed by atoms with Crippen LogP contribution in [-0.2, 0) is 10.0 Å². The lowest BCUT2D eigenvalue weighted by atomic mass is 10.1. The smallest absolute Gasteiger partial charge is 0.261 e. The molecule has 0 aliphatic carbocycles. The molecule has 0 unspecified atom stereocenters. The van der Waals surface area contributed by atoms with Crippen LogP contribution in [0.2, 0.25) is 0 Å². The molecular weight excluding hydrogens is 445 g/mol. The number of benzene rings is 3. The van der Waals surface area contributed by atoms with Gasteiger partial charge in [0.2, 0.25) is 0 Å². The number of halogens is 1. The number of hydrogen-bond donors (Lipinski definition) is 1. The van der Waals surface area contributed by atoms with E-state index in [9.17, 15) is 17.6 Å². The van der Waals surface area contributed by atoms with E-state index in [1.807, 2.05) is 13.0 Å². The van der Waals surface area contributed by atoms with Crippen LogP contribution in [0.5, 0.6) is 5.75 Å². The molecule has 3 aromatic rings. The zero-order chi connectivity index (χ0) is 23.8. The molecule has 3 aromatic carbocycles. The number of amides is 1. The Morgan fingerprint density at radius 2 is 1.67 bits per heavy atom. The molecular formula is C24H22FN3O4S. The first-order chi connectivity index (χ1) is 15.8. The highest BCUT2D eigenvalue weighted by molar-refractivity contribution is 7.92. The first-order valence-electron chi connectivity index (χ1n) is 10.1. The second-order valence-electron chi connectivity index (χ2n) is 6.93. The highest BCUT2D eigenvalue weighted by atomic mass is 32.2. The van der Waals surface area contributed by atoms with E-state index in [1.54, 1.807) is 24.3 Å². The summed E-state index contributed by atoms with van der Waals surface area (Å²) >= 11 is 0. The zero-order valence-electron chi connectivity index (χ0n) is 17.9. The summed E-state index contributed by atoms with van der Waals surface area (Å²) in [6.45, 7) is 2.59. The van der Waals surface area contributed by atoms with Crippen LogP contribution in [-0.4, -0.2) is 27.5 Å². The highest BCUT2D eigenvalue weighted by Crippen LogP contribution is 2.23. The Hall–Kier alpha value is -3.90. The molecule has 0 heterocycles. The van der Waals surface area contributed by atoms with E-state index in [2.05, 4.69) is 4.72 Å². The van der Waals surface area contributed by atoms with Gasteiger partial charge in [0.25, 0.3) is 15.9 Å². The third-order valence-corrected chi connectivity index (χ3v) is 6.06. The van der Waals surface area contributed by atoms with Crippen LogP contribution in [0, 0.1) is 17.1 Å². The van der Waals surface area contributed by atoms with Gasteiger partial charge in [0.1, 0.15) is 11.6 Å². The lowest BCUT2D eigenvalue weighted by Crippen LogP contribution is -2.31. The molecule has 170 valence electrons. The predicted molar refractivity (Wildman–Crippen MR) is 123 cm³/mol. The van der Waals surface area contributed by atoms with Crippen LogP contribution in [0.4, 0.5) is 15.8 Å². The summed E-state index contributed by atoms with van der Waals surface area (Å²) < 4.78 is 45.8. The van der Waals surface area contributed by atoms with Crippen molar-refractivity contribution in [3.63, 3.8) is 0 Å². The minimum absolute atomic E-state index is 0.0813. The fourth-order valence-corrected chi connectivity index (χ4v) is 4.12. The molecule has 9 heteroatoms. The molecule has 33 heavy (non-hydrogen) atoms. The van der Waals surface area contributed by atoms with Gasteiger partial charge in [0.15, 0.2) is 0 Å². The average Bonchev–Trinajstić information content (AvgIpc) is 2.81. The molecule has 3 rings (SSSR count). The Kier molecular flexibility index (Phi) is 7.64. The van der Waals surface area contributed by atoms with Gasteiger partial charge < -0.3 is 9.64 Å². The van der Waals surface area contributed by atoms with Gasteiger partial charge in [-0.05, 0) is 79.7 Å². The maximum Gasteiger partial charge on any atom is 0.261 e. The van der Waals surface area contributed by atoms with Crippen molar-refractivity contribution in [1.29, 1.82) is 5.26 Å². The Morgan fingerprint density at radius 1 is 1.03 bits per heavy atom. The predicted octanol–water partition coefficient (Wildman–Crippen LogP) is 4.59. The minimum Gasteiger partial charge on any atom is -0.494 e. The molecule has 7 nitrogen and oxygen atoms in total. The molecule has 0 aromatic heterocycles. The number of carbonyl (C=O) groups is 1. The van der Waals surface area contributed by atoms with Crippen LogP contribution in [0.3, 0.4) is 0 Å². The van der Waals surface area contributed by atoms with Gasteiger partial charge >= 0.3 is 0 Å². The fraction of sp³-hybridized carbons (Fsp3) is 0.167. The van der Waals surface area contributed by atoms with E-state index in [0.29, 0.717) is 23.6 Å². The Balaban J connectivity index is 1.78. The second kappa shape index (κ2) is 10.6. The Bertz CT molecular complexity index is 1240. The Labute approximate surface area is 192 Å². The molecule has 0 saturated carbocycles. The van der Waals surface area contributed by atoms with E-state index >= 15 is 0 Å². The van der Waals surface area contributed by atoms with Gasteiger partial charge in [-0.2, -0.15) is 5.26 Å². The number of anilines is 2. The van der Waals surface area contributed by atoms with Crippen molar-refractivity contribution in [2.45, 2.75) is 18.2 Å². The van der Waals surface area contributed by atoms with Crippen LogP contribution in [0.25, 0.3) is 0 Å². The summed E-state index contributed by atoms with van der Waals surface area (Å²) in [7, 11) is -3.90. The molecule has 0 bridgehead atoms. The van der Waals surface area contributed by atoms with E-state index in [-0.39, 0.29) is 29.5 Å². The number of rotatable bonds is 9. The first-order valence-corrected chi connectivity index (χ1v) is 11.6. The molecule has 0 spiro atoms. The molecule has 0 fully saturated rings. The lowest BCUT2D eigenvalue weighted by molar-refractivity contribution is 0.0987. The quantitative estimate of drug-likeness (QED) is 0.496. The zero-order valence-corrected chi connectivity index (χ0v) is 18.7. The molecule has 0 atom stereocenters. The summed E-state index contributed by atoms with van der Waals surface area (Å²) in [6, 6.07) is 19.4. The topological polar surface area (TPSA) is 99.5 Å². The van der Waals surface area contributed by atoms with E-state index in [4.69, 9.17) is 10.00 Å². The fourth-order valence-electron chi connectivity index (χ4n) is 3.06. The number of carbonyl (C=O) groups excluding carboxylic acids is 1. The summed E-state index contributed by atoms with van der Waals surface area (Å²) in [5.41, 5.74) is 1.19. The standard InChI is InChI=1S/C24H22FN3O4S/c1-2-32-22-12-10-21(11-13-22)28(17-3-16-26)24(29)18-4-8-20(9-5-18)27-33(30,31)23-14-6-19(25)7-15-23/h4-15,27H,2-3,17H2,1H3. The monoisotopic (exact) mass is 467 g/mol. The normalized spacial score (nSPS) is 10.8. The van der Waals surface area contributed by atoms with E-state index in [0.717, 1.165) is 12.1 Å². The van der Waals surface area contributed by atoms with Crippen molar-refractivity contribution in [3.05, 3.63) is 84.2 Å². The Morgan fingerprint density at radius 3 is 2.24 bits per heavy atom. The van der Waals surface area contributed by atoms with Gasteiger partial charge in [0, 0.05) is 23.5 Å². The number of hydrogen-bond acceptors (Lipinski definition) is 5. The van der Waals surface area contributed by atoms with E-state index < -0.39 is 15.8 Å². The average molecular weight is 468 g/mol. The number of nitriles is 1. The van der Waals surface area contributed by atoms with Crippen molar-refractivity contribution < 1.29 is 22.3 Å². The van der Waals surface area contributed by atoms with Gasteiger partial charge in [-0.1, -0.05) is 0 Å². The highest BCUT2D eigenvalue weighted by Gasteiger charge is 2.19. The van der Waals surface area contributed by atoms with Crippen LogP contribution in [0.15, 0.2) is 77.7 Å². The van der Waals surface area contributed by atoms with Gasteiger partial charge in [-0.15, -0.1) is 0 Å². The molecule has 0 aliphatic heterocycles. The molecule has 0 aliphatic rings. The largest absolute Gasteiger partial charge is 0.494 e. The van der Waals surface area contributed by atoms with Crippen molar-refractivity contribution in [3.8, 4) is 11.8 Å². The summed E-state index contributed by atoms with van der Waals surface area (Å²) in [5.74, 6) is -0.195. The number of sulfonamides is 1. The van der Waals surface area contributed by atoms with E-state index in [1.165, 1.54) is 41.3 Å². The van der Waals surface area contributed by atoms with Crippen LogP contribution < -0.4 is 14.4 Å². The molecule has 0 radical (unpaired) electrons. The van der Waals surface area contributed by atoms with Gasteiger partial charge in [-0.25, -0.2) is 12.8 Å². The maximum absolute atomic E-state index is 13.1. The maximum atomic E-state index is 13.1. The number of nitrogens with zero attached hydrogens (tertiary/aromatic N) is 2. The SMILES string of the molecule is CCOc1ccc(N(CCC#N)C(=O)c2ccc(NS(=O)(=O)c3ccc(F)cc3)cc2)cc1. The van der Waals surface area contributed by atoms with Crippen LogP contribution >= 0.6 is 0 Å².